The molecule has 0 N–H and O–H groups in total. The first-order valence-electron chi connectivity index (χ1n) is 0. The topological polar surface area (TPSA) is 0 Å². The van der Waals surface area contributed by atoms with Gasteiger partial charge in [-0.05, 0) is 0 Å². The summed E-state index contributed by atoms with van der Waals surface area (Å²) in [7, 11) is 0. The van der Waals surface area contributed by atoms with E-state index in [0.29, 0.717) is 0 Å². The van der Waals surface area contributed by atoms with E-state index in [2.05, 4.69) is 0 Å². The van der Waals surface area contributed by atoms with E-state index in [1.807, 2.05) is 0 Å². The Bertz CT molecular complexity index is 6.00. The molecule has 0 saturated heterocycles. The minimum Gasteiger partial charge on any atom is -2.00 e. The van der Waals surface area contributed by atoms with Gasteiger partial charge in [0.15, 0.2) is 0 Å². The van der Waals surface area contributed by atoms with Crippen LogP contribution in [0.15, 0.2) is 0 Å². The Morgan fingerprint density at radius 3 is 0.750 bits per heavy atom. The third-order valence-corrected chi connectivity index (χ3v) is 0. The average molecular weight is 432 g/mol. The average Bonchev–Trinajstić information content (AvgIpc) is 0. The Morgan fingerprint density at radius 1 is 0.750 bits per heavy atom. The van der Waals surface area contributed by atoms with Crippen LogP contribution in [0.1, 0.15) is 0 Å². The van der Waals surface area contributed by atoms with E-state index in [-0.39, 0.29) is 81.2 Å². The van der Waals surface area contributed by atoms with Crippen molar-refractivity contribution in [2.75, 3.05) is 0 Å². The van der Waals surface area contributed by atoms with Crippen molar-refractivity contribution >= 4 is 81.2 Å². The third-order valence-electron chi connectivity index (χ3n) is 0. The summed E-state index contributed by atoms with van der Waals surface area (Å²) < 4.78 is 0. The summed E-state index contributed by atoms with van der Waals surface area (Å²) in [6.07, 6.45) is 0. The van der Waals surface area contributed by atoms with Crippen LogP contribution in [-0.2, 0) is 0 Å². The van der Waals surface area contributed by atoms with E-state index in [0.717, 1.165) is 0 Å². The van der Waals surface area contributed by atoms with Gasteiger partial charge in [-0.2, -0.15) is 0 Å². The van der Waals surface area contributed by atoms with Gasteiger partial charge in [0.2, 0.25) is 0 Å². The van der Waals surface area contributed by atoms with Gasteiger partial charge in [0.05, 0.1) is 0 Å². The number of hydrogen-bond acceptors (Lipinski definition) is 0. The van der Waals surface area contributed by atoms with Crippen LogP contribution in [0, 0.1) is 0 Å². The molecule has 0 rings (SSSR count). The zero-order valence-corrected chi connectivity index (χ0v) is 12.3. The molecular formula is GaSe2Tl. The first-order valence-corrected chi connectivity index (χ1v) is 0. The molecule has 0 bridgehead atoms. The van der Waals surface area contributed by atoms with E-state index < -0.39 is 0 Å². The molecule has 0 fully saturated rings. The van der Waals surface area contributed by atoms with Crippen molar-refractivity contribution in [3.05, 3.63) is 0 Å². The Balaban J connectivity index is 0. The van der Waals surface area contributed by atoms with Crippen LogP contribution < -0.4 is 0 Å². The van der Waals surface area contributed by atoms with Crippen molar-refractivity contribution < 1.29 is 0 Å². The van der Waals surface area contributed by atoms with Crippen LogP contribution in [0.3, 0.4) is 0 Å². The largest absolute Gasteiger partial charge is 3.00 e. The predicted molar refractivity (Wildman–Crippen MR) is 23.0 cm³/mol. The minimum atomic E-state index is 0. The molecule has 0 radical (unpaired) electrons. The summed E-state index contributed by atoms with van der Waals surface area (Å²) in [6, 6.07) is 0. The molecule has 18 valence electrons. The first-order chi connectivity index (χ1) is 0. The molecule has 0 aromatic carbocycles. The standard InChI is InChI=1S/Ga.2Se.Tl/q+3;2*-2;+1. The molecule has 0 amide bonds. The smallest absolute Gasteiger partial charge is 2.00 e. The fourth-order valence-corrected chi connectivity index (χ4v) is 0. The van der Waals surface area contributed by atoms with E-state index in [1.165, 1.54) is 0 Å². The van der Waals surface area contributed by atoms with Crippen molar-refractivity contribution in [2.24, 2.45) is 0 Å². The summed E-state index contributed by atoms with van der Waals surface area (Å²) in [6.45, 7) is 0. The molecule has 4 heteroatoms. The second kappa shape index (κ2) is 17.5. The second-order valence-electron chi connectivity index (χ2n) is 0. The molecule has 0 saturated carbocycles. The van der Waals surface area contributed by atoms with Gasteiger partial charge in [0.25, 0.3) is 0 Å². The maximum Gasteiger partial charge on any atom is 3.00 e. The van der Waals surface area contributed by atoms with Gasteiger partial charge in [-0.25, -0.2) is 0 Å². The molecule has 0 atom stereocenters. The molecule has 0 heterocycles. The zero-order chi connectivity index (χ0) is 0. The van der Waals surface area contributed by atoms with Gasteiger partial charge in [0.1, 0.15) is 0 Å². The molecule has 0 aliphatic carbocycles. The van der Waals surface area contributed by atoms with E-state index >= 15 is 0 Å². The van der Waals surface area contributed by atoms with Crippen LogP contribution in [0.5, 0.6) is 0 Å². The van der Waals surface area contributed by atoms with Crippen molar-refractivity contribution in [2.45, 2.75) is 0 Å². The van der Waals surface area contributed by atoms with Gasteiger partial charge in [-0.15, -0.1) is 0 Å². The summed E-state index contributed by atoms with van der Waals surface area (Å²) in [4.78, 5) is 0. The maximum atomic E-state index is 0. The number of rotatable bonds is 0. The fourth-order valence-electron chi connectivity index (χ4n) is 0. The van der Waals surface area contributed by atoms with E-state index in [4.69, 9.17) is 0 Å². The molecule has 0 aliphatic rings. The fraction of sp³-hybridized carbons (Fsp3) is 0. The Kier molecular flexibility index (Phi) is 134. The molecular weight excluding hydrogens is 432 g/mol. The third kappa shape index (κ3) is 8.82. The van der Waals surface area contributed by atoms with Crippen LogP contribution in [0.25, 0.3) is 0 Å². The van der Waals surface area contributed by atoms with Gasteiger partial charge in [0, 0.05) is 0 Å². The van der Waals surface area contributed by atoms with E-state index in [1.54, 1.807) is 0 Å². The van der Waals surface area contributed by atoms with E-state index in [9.17, 15) is 0 Å². The summed E-state index contributed by atoms with van der Waals surface area (Å²) in [5, 5.41) is 0. The SMILES string of the molecule is [Ga+3].[Se-2].[Se-2].[Tl+]. The Labute approximate surface area is 80.0 Å². The Hall–Kier alpha value is 2.60. The van der Waals surface area contributed by atoms with Crippen molar-refractivity contribution in [1.29, 1.82) is 0 Å². The predicted octanol–water partition coefficient (Wildman–Crippen LogP) is -1.52. The van der Waals surface area contributed by atoms with Crippen LogP contribution in [0.4, 0.5) is 0 Å². The van der Waals surface area contributed by atoms with Gasteiger partial charge in [-0.1, -0.05) is 0 Å². The first kappa shape index (κ1) is 30.6. The molecule has 0 aliphatic heterocycles. The van der Waals surface area contributed by atoms with Crippen molar-refractivity contribution in [3.63, 3.8) is 0 Å². The quantitative estimate of drug-likeness (QED) is 0.409. The summed E-state index contributed by atoms with van der Waals surface area (Å²) in [5.74, 6) is 0. The van der Waals surface area contributed by atoms with Crippen LogP contribution in [0.2, 0.25) is 0 Å². The zero-order valence-electron chi connectivity index (χ0n) is 1.97. The van der Waals surface area contributed by atoms with Gasteiger partial charge >= 0.3 is 47.1 Å². The molecule has 0 aromatic rings. The van der Waals surface area contributed by atoms with Crippen LogP contribution >= 0.6 is 0 Å². The van der Waals surface area contributed by atoms with Gasteiger partial charge < -0.3 is 34.1 Å². The molecule has 0 nitrogen and oxygen atoms in total. The van der Waals surface area contributed by atoms with Crippen molar-refractivity contribution in [1.82, 2.24) is 0 Å². The molecule has 0 spiro atoms. The number of hydrogen-bond donors (Lipinski definition) is 0. The molecule has 4 heavy (non-hydrogen) atoms. The normalized spacial score (nSPS) is 0. The minimum absolute atomic E-state index is 0. The van der Waals surface area contributed by atoms with Crippen LogP contribution in [-0.4, -0.2) is 81.2 Å². The molecule has 0 unspecified atom stereocenters. The summed E-state index contributed by atoms with van der Waals surface area (Å²) in [5.41, 5.74) is 0. The Morgan fingerprint density at radius 2 is 0.750 bits per heavy atom. The monoisotopic (exact) mass is 434 g/mol. The maximum absolute atomic E-state index is 0. The molecule has 0 aromatic heterocycles. The van der Waals surface area contributed by atoms with Gasteiger partial charge in [-0.3, -0.25) is 0 Å². The second-order valence-corrected chi connectivity index (χ2v) is 0. The summed E-state index contributed by atoms with van der Waals surface area (Å²) >= 11 is 0. The van der Waals surface area contributed by atoms with Crippen molar-refractivity contribution in [3.8, 4) is 0 Å².